The number of benzene rings is 1. The molecule has 1 aliphatic rings. The number of hydrogen-bond acceptors (Lipinski definition) is 4. The van der Waals surface area contributed by atoms with Crippen LogP contribution >= 0.6 is 24.0 Å². The summed E-state index contributed by atoms with van der Waals surface area (Å²) < 4.78 is 5.22. The van der Waals surface area contributed by atoms with Gasteiger partial charge in [-0.05, 0) is 50.0 Å². The third kappa shape index (κ3) is 8.29. The SMILES string of the molecule is CCN1CCCC1CN(C)C(=NCC(=O)N(C)C)NCCc1ccc(OC)cc1.I. The molecule has 170 valence electrons. The monoisotopic (exact) mass is 531 g/mol. The van der Waals surface area contributed by atoms with Gasteiger partial charge in [-0.25, -0.2) is 4.99 Å². The van der Waals surface area contributed by atoms with Crippen LogP contribution < -0.4 is 10.1 Å². The number of aliphatic imine (C=N–C) groups is 1. The molecule has 0 aromatic heterocycles. The Bertz CT molecular complexity index is 666. The first kappa shape index (κ1) is 26.5. The maximum Gasteiger partial charge on any atom is 0.243 e. The Morgan fingerprint density at radius 1 is 1.27 bits per heavy atom. The summed E-state index contributed by atoms with van der Waals surface area (Å²) in [4.78, 5) is 22.9. The molecule has 8 heteroatoms. The normalized spacial score (nSPS) is 16.7. The van der Waals surface area contributed by atoms with Crippen molar-refractivity contribution in [1.82, 2.24) is 20.0 Å². The highest BCUT2D eigenvalue weighted by Crippen LogP contribution is 2.17. The number of amides is 1. The summed E-state index contributed by atoms with van der Waals surface area (Å²) in [5.74, 6) is 1.66. The van der Waals surface area contributed by atoms with Gasteiger partial charge in [0.15, 0.2) is 5.96 Å². The van der Waals surface area contributed by atoms with Crippen molar-refractivity contribution >= 4 is 35.8 Å². The van der Waals surface area contributed by atoms with Crippen molar-refractivity contribution in [3.8, 4) is 5.75 Å². The molecule has 1 atom stereocenters. The van der Waals surface area contributed by atoms with Gasteiger partial charge in [0, 0.05) is 40.3 Å². The number of likely N-dealkylation sites (N-methyl/N-ethyl adjacent to an activating group) is 3. The summed E-state index contributed by atoms with van der Waals surface area (Å²) in [7, 11) is 7.26. The number of methoxy groups -OCH3 is 1. The van der Waals surface area contributed by atoms with Crippen molar-refractivity contribution in [1.29, 1.82) is 0 Å². The smallest absolute Gasteiger partial charge is 0.243 e. The van der Waals surface area contributed by atoms with Gasteiger partial charge in [-0.3, -0.25) is 9.69 Å². The molecule has 0 radical (unpaired) electrons. The maximum atomic E-state index is 12.0. The van der Waals surface area contributed by atoms with Gasteiger partial charge in [-0.15, -0.1) is 24.0 Å². The molecule has 1 aliphatic heterocycles. The lowest BCUT2D eigenvalue weighted by atomic mass is 10.1. The molecule has 0 saturated carbocycles. The first-order valence-corrected chi connectivity index (χ1v) is 10.5. The Labute approximate surface area is 198 Å². The van der Waals surface area contributed by atoms with Crippen molar-refractivity contribution in [2.45, 2.75) is 32.2 Å². The van der Waals surface area contributed by atoms with E-state index >= 15 is 0 Å². The summed E-state index contributed by atoms with van der Waals surface area (Å²) in [5.41, 5.74) is 1.23. The first-order valence-electron chi connectivity index (χ1n) is 10.5. The van der Waals surface area contributed by atoms with Gasteiger partial charge < -0.3 is 19.9 Å². The largest absolute Gasteiger partial charge is 0.497 e. The molecule has 1 aromatic carbocycles. The number of likely N-dealkylation sites (tertiary alicyclic amines) is 1. The molecule has 1 fully saturated rings. The number of nitrogens with zero attached hydrogens (tertiary/aromatic N) is 4. The van der Waals surface area contributed by atoms with E-state index in [1.165, 1.54) is 24.9 Å². The molecule has 7 nitrogen and oxygen atoms in total. The zero-order valence-corrected chi connectivity index (χ0v) is 21.4. The zero-order chi connectivity index (χ0) is 21.2. The zero-order valence-electron chi connectivity index (χ0n) is 19.1. The van der Waals surface area contributed by atoms with Crippen LogP contribution in [0, 0.1) is 0 Å². The van der Waals surface area contributed by atoms with E-state index in [0.717, 1.165) is 37.8 Å². The molecule has 1 unspecified atom stereocenters. The van der Waals surface area contributed by atoms with Crippen LogP contribution in [0.5, 0.6) is 5.75 Å². The van der Waals surface area contributed by atoms with Crippen LogP contribution in [-0.2, 0) is 11.2 Å². The van der Waals surface area contributed by atoms with Crippen LogP contribution in [0.4, 0.5) is 0 Å². The molecule has 0 spiro atoms. The van der Waals surface area contributed by atoms with E-state index in [-0.39, 0.29) is 36.4 Å². The highest BCUT2D eigenvalue weighted by atomic mass is 127. The Balaban J connectivity index is 0.00000450. The number of halogens is 1. The lowest BCUT2D eigenvalue weighted by Gasteiger charge is -2.30. The van der Waals surface area contributed by atoms with Crippen LogP contribution in [0.15, 0.2) is 29.3 Å². The van der Waals surface area contributed by atoms with Gasteiger partial charge in [0.2, 0.25) is 5.91 Å². The van der Waals surface area contributed by atoms with Gasteiger partial charge in [0.05, 0.1) is 7.11 Å². The predicted molar refractivity (Wildman–Crippen MR) is 134 cm³/mol. The Hall–Kier alpha value is -1.55. The van der Waals surface area contributed by atoms with Crippen LogP contribution in [0.3, 0.4) is 0 Å². The highest BCUT2D eigenvalue weighted by Gasteiger charge is 2.25. The van der Waals surface area contributed by atoms with Crippen molar-refractivity contribution in [2.75, 3.05) is 61.0 Å². The fraction of sp³-hybridized carbons (Fsp3) is 0.636. The molecular weight excluding hydrogens is 493 g/mol. The lowest BCUT2D eigenvalue weighted by molar-refractivity contribution is -0.127. The van der Waals surface area contributed by atoms with Crippen molar-refractivity contribution in [3.05, 3.63) is 29.8 Å². The Morgan fingerprint density at radius 2 is 1.97 bits per heavy atom. The second-order valence-corrected chi connectivity index (χ2v) is 7.76. The predicted octanol–water partition coefficient (Wildman–Crippen LogP) is 2.31. The second-order valence-electron chi connectivity index (χ2n) is 7.76. The van der Waals surface area contributed by atoms with E-state index in [0.29, 0.717) is 6.04 Å². The molecule has 1 N–H and O–H groups in total. The fourth-order valence-corrected chi connectivity index (χ4v) is 3.63. The summed E-state index contributed by atoms with van der Waals surface area (Å²) in [5, 5.41) is 3.45. The van der Waals surface area contributed by atoms with E-state index in [1.54, 1.807) is 26.1 Å². The molecule has 1 amide bonds. The van der Waals surface area contributed by atoms with E-state index in [9.17, 15) is 4.79 Å². The van der Waals surface area contributed by atoms with Gasteiger partial charge in [-0.1, -0.05) is 19.1 Å². The summed E-state index contributed by atoms with van der Waals surface area (Å²) in [6, 6.07) is 8.66. The summed E-state index contributed by atoms with van der Waals surface area (Å²) in [6.45, 7) is 6.30. The third-order valence-electron chi connectivity index (χ3n) is 5.47. The molecule has 1 aromatic rings. The minimum atomic E-state index is 0. The van der Waals surface area contributed by atoms with E-state index in [4.69, 9.17) is 4.74 Å². The third-order valence-corrected chi connectivity index (χ3v) is 5.47. The number of guanidine groups is 1. The summed E-state index contributed by atoms with van der Waals surface area (Å²) >= 11 is 0. The molecular formula is C22H38IN5O2. The average molecular weight is 531 g/mol. The van der Waals surface area contributed by atoms with Gasteiger partial charge >= 0.3 is 0 Å². The van der Waals surface area contributed by atoms with E-state index in [1.807, 2.05) is 12.1 Å². The molecule has 1 heterocycles. The van der Waals surface area contributed by atoms with Crippen molar-refractivity contribution < 1.29 is 9.53 Å². The molecule has 0 aliphatic carbocycles. The number of rotatable bonds is 9. The molecule has 1 saturated heterocycles. The van der Waals surface area contributed by atoms with Crippen LogP contribution in [-0.4, -0.2) is 93.6 Å². The van der Waals surface area contributed by atoms with Crippen LogP contribution in [0.1, 0.15) is 25.3 Å². The van der Waals surface area contributed by atoms with Crippen molar-refractivity contribution in [2.24, 2.45) is 4.99 Å². The van der Waals surface area contributed by atoms with Gasteiger partial charge in [0.1, 0.15) is 12.3 Å². The number of carbonyl (C=O) groups excluding carboxylic acids is 1. The van der Waals surface area contributed by atoms with Gasteiger partial charge in [0.25, 0.3) is 0 Å². The maximum absolute atomic E-state index is 12.0. The minimum Gasteiger partial charge on any atom is -0.497 e. The number of hydrogen-bond donors (Lipinski definition) is 1. The number of nitrogens with one attached hydrogen (secondary N) is 1. The van der Waals surface area contributed by atoms with Crippen LogP contribution in [0.25, 0.3) is 0 Å². The average Bonchev–Trinajstić information content (AvgIpc) is 3.17. The Morgan fingerprint density at radius 3 is 2.57 bits per heavy atom. The fourth-order valence-electron chi connectivity index (χ4n) is 3.63. The second kappa shape index (κ2) is 13.7. The van der Waals surface area contributed by atoms with E-state index in [2.05, 4.69) is 46.2 Å². The van der Waals surface area contributed by atoms with E-state index < -0.39 is 0 Å². The van der Waals surface area contributed by atoms with Crippen LogP contribution in [0.2, 0.25) is 0 Å². The first-order chi connectivity index (χ1) is 13.9. The lowest BCUT2D eigenvalue weighted by Crippen LogP contribution is -2.46. The van der Waals surface area contributed by atoms with Crippen molar-refractivity contribution in [3.63, 3.8) is 0 Å². The summed E-state index contributed by atoms with van der Waals surface area (Å²) in [6.07, 6.45) is 3.35. The quantitative estimate of drug-likeness (QED) is 0.301. The van der Waals surface area contributed by atoms with Gasteiger partial charge in [-0.2, -0.15) is 0 Å². The Kier molecular flexibility index (Phi) is 12.1. The molecule has 30 heavy (non-hydrogen) atoms. The minimum absolute atomic E-state index is 0. The highest BCUT2D eigenvalue weighted by molar-refractivity contribution is 14.0. The topological polar surface area (TPSA) is 60.4 Å². The molecule has 2 rings (SSSR count). The number of carbonyl (C=O) groups is 1. The molecule has 0 bridgehead atoms. The standard InChI is InChI=1S/C22H37N5O2.HI/c1-6-27-15-7-8-19(27)17-26(4)22(24-16-21(28)25(2)3)23-14-13-18-9-11-20(29-5)12-10-18;/h9-12,19H,6-8,13-17H2,1-5H3,(H,23,24);1H. The number of ether oxygens (including phenoxy) is 1.